The summed E-state index contributed by atoms with van der Waals surface area (Å²) in [4.78, 5) is 15.0. The maximum atomic E-state index is 12.6. The summed E-state index contributed by atoms with van der Waals surface area (Å²) in [6, 6.07) is 15.0. The van der Waals surface area contributed by atoms with E-state index >= 15 is 0 Å². The first-order chi connectivity index (χ1) is 13.0. The molecule has 144 valence electrons. The number of hydrogen-bond acceptors (Lipinski definition) is 2. The number of hydrogen-bond donors (Lipinski definition) is 0. The number of carbonyl (C=O) groups excluding carboxylic acids is 1. The largest absolute Gasteiger partial charge is 0.302 e. The highest BCUT2D eigenvalue weighted by atomic mass is 79.9. The molecule has 0 bridgehead atoms. The fraction of sp³-hybridized carbons (Fsp3) is 0.409. The number of likely N-dealkylation sites (tertiary alicyclic amines) is 1. The second-order valence-corrected chi connectivity index (χ2v) is 8.97. The standard InChI is InChI=1S/C16H20ClNO.C6H4BrCl/c17-15-6-2-1-5-14(15)16(19)13-4-3-9-18(11-13)10-12-7-8-12;7-5-3-1-2-4-6(5)8/h1-2,5-6,12-13H,3-4,7-11H2;1-4H. The maximum absolute atomic E-state index is 12.6. The average molecular weight is 469 g/mol. The Morgan fingerprint density at radius 1 is 1.00 bits per heavy atom. The van der Waals surface area contributed by atoms with Crippen LogP contribution in [0.4, 0.5) is 0 Å². The van der Waals surface area contributed by atoms with E-state index in [1.807, 2.05) is 42.5 Å². The molecule has 0 spiro atoms. The zero-order valence-corrected chi connectivity index (χ0v) is 18.3. The number of Topliss-reactive ketones (excluding diaryl/α,β-unsaturated/α-hetero) is 1. The molecule has 1 heterocycles. The second-order valence-electron chi connectivity index (χ2n) is 7.30. The van der Waals surface area contributed by atoms with Crippen molar-refractivity contribution >= 4 is 44.9 Å². The quantitative estimate of drug-likeness (QED) is 0.462. The molecule has 2 aromatic carbocycles. The van der Waals surface area contributed by atoms with Gasteiger partial charge < -0.3 is 4.90 Å². The van der Waals surface area contributed by atoms with Crippen LogP contribution < -0.4 is 0 Å². The fourth-order valence-corrected chi connectivity index (χ4v) is 4.07. The molecule has 2 aliphatic rings. The van der Waals surface area contributed by atoms with Crippen molar-refractivity contribution in [1.29, 1.82) is 0 Å². The van der Waals surface area contributed by atoms with Crippen LogP contribution in [0.3, 0.4) is 0 Å². The van der Waals surface area contributed by atoms with E-state index in [4.69, 9.17) is 23.2 Å². The van der Waals surface area contributed by atoms with Crippen LogP contribution >= 0.6 is 39.1 Å². The van der Waals surface area contributed by atoms with E-state index in [-0.39, 0.29) is 11.7 Å². The summed E-state index contributed by atoms with van der Waals surface area (Å²) < 4.78 is 0.946. The van der Waals surface area contributed by atoms with Crippen molar-refractivity contribution < 1.29 is 4.79 Å². The predicted molar refractivity (Wildman–Crippen MR) is 117 cm³/mol. The summed E-state index contributed by atoms with van der Waals surface area (Å²) in [5, 5.41) is 1.35. The van der Waals surface area contributed by atoms with Crippen LogP contribution in [0.25, 0.3) is 0 Å². The fourth-order valence-electron chi connectivity index (χ4n) is 3.42. The lowest BCUT2D eigenvalue weighted by Gasteiger charge is -2.32. The minimum absolute atomic E-state index is 0.132. The first kappa shape index (κ1) is 20.9. The smallest absolute Gasteiger partial charge is 0.168 e. The Morgan fingerprint density at radius 2 is 1.67 bits per heavy atom. The van der Waals surface area contributed by atoms with Gasteiger partial charge in [0.2, 0.25) is 0 Å². The number of carbonyl (C=O) groups is 1. The lowest BCUT2D eigenvalue weighted by atomic mass is 9.90. The van der Waals surface area contributed by atoms with Crippen molar-refractivity contribution in [3.63, 3.8) is 0 Å². The monoisotopic (exact) mass is 467 g/mol. The van der Waals surface area contributed by atoms with Gasteiger partial charge >= 0.3 is 0 Å². The van der Waals surface area contributed by atoms with Gasteiger partial charge in [-0.25, -0.2) is 0 Å². The van der Waals surface area contributed by atoms with Gasteiger partial charge in [0.05, 0.1) is 10.0 Å². The van der Waals surface area contributed by atoms with Crippen LogP contribution in [0.2, 0.25) is 10.0 Å². The summed E-state index contributed by atoms with van der Waals surface area (Å²) in [5.41, 5.74) is 0.697. The third kappa shape index (κ3) is 6.32. The van der Waals surface area contributed by atoms with Crippen molar-refractivity contribution in [1.82, 2.24) is 4.90 Å². The van der Waals surface area contributed by atoms with E-state index in [0.717, 1.165) is 41.3 Å². The summed E-state index contributed by atoms with van der Waals surface area (Å²) in [6.07, 6.45) is 4.89. The highest BCUT2D eigenvalue weighted by molar-refractivity contribution is 9.10. The van der Waals surface area contributed by atoms with Gasteiger partial charge in [-0.05, 0) is 78.3 Å². The van der Waals surface area contributed by atoms with Crippen LogP contribution in [0, 0.1) is 11.8 Å². The van der Waals surface area contributed by atoms with Gasteiger partial charge in [-0.3, -0.25) is 4.79 Å². The normalized spacial score (nSPS) is 19.9. The molecule has 2 nitrogen and oxygen atoms in total. The first-order valence-corrected chi connectivity index (χ1v) is 11.0. The van der Waals surface area contributed by atoms with Crippen LogP contribution in [-0.2, 0) is 0 Å². The average Bonchev–Trinajstić information content (AvgIpc) is 3.49. The Kier molecular flexibility index (Phi) is 7.77. The third-order valence-electron chi connectivity index (χ3n) is 5.05. The highest BCUT2D eigenvalue weighted by Crippen LogP contribution is 2.32. The molecule has 1 saturated heterocycles. The van der Waals surface area contributed by atoms with Gasteiger partial charge in [0.15, 0.2) is 5.78 Å². The SMILES string of the molecule is Clc1ccccc1Br.O=C(c1ccccc1Cl)C1CCCN(CC2CC2)C1. The highest BCUT2D eigenvalue weighted by Gasteiger charge is 2.31. The number of piperidine rings is 1. The molecule has 1 saturated carbocycles. The van der Waals surface area contributed by atoms with E-state index in [0.29, 0.717) is 10.6 Å². The predicted octanol–water partition coefficient (Wildman–Crippen LogP) is 6.75. The molecule has 2 fully saturated rings. The number of benzene rings is 2. The second kappa shape index (κ2) is 10.1. The van der Waals surface area contributed by atoms with Gasteiger partial charge in [0.25, 0.3) is 0 Å². The van der Waals surface area contributed by atoms with Gasteiger partial charge in [-0.2, -0.15) is 0 Å². The van der Waals surface area contributed by atoms with Crippen LogP contribution in [0.15, 0.2) is 53.0 Å². The first-order valence-electron chi connectivity index (χ1n) is 9.45. The molecule has 1 aliphatic carbocycles. The van der Waals surface area contributed by atoms with Crippen molar-refractivity contribution in [3.05, 3.63) is 68.6 Å². The molecule has 27 heavy (non-hydrogen) atoms. The summed E-state index contributed by atoms with van der Waals surface area (Å²) in [7, 11) is 0. The molecule has 0 aromatic heterocycles. The van der Waals surface area contributed by atoms with Crippen molar-refractivity contribution in [2.45, 2.75) is 25.7 Å². The molecule has 1 aliphatic heterocycles. The van der Waals surface area contributed by atoms with Crippen LogP contribution in [0.1, 0.15) is 36.0 Å². The van der Waals surface area contributed by atoms with E-state index in [9.17, 15) is 4.79 Å². The van der Waals surface area contributed by atoms with E-state index in [2.05, 4.69) is 20.8 Å². The van der Waals surface area contributed by atoms with E-state index in [1.165, 1.54) is 19.4 Å². The molecule has 0 radical (unpaired) electrons. The zero-order valence-electron chi connectivity index (χ0n) is 15.2. The topological polar surface area (TPSA) is 20.3 Å². The Labute approximate surface area is 180 Å². The molecule has 1 unspecified atom stereocenters. The molecule has 0 N–H and O–H groups in total. The number of nitrogens with zero attached hydrogens (tertiary/aromatic N) is 1. The summed E-state index contributed by atoms with van der Waals surface area (Å²) >= 11 is 15.1. The minimum Gasteiger partial charge on any atom is -0.302 e. The molecule has 1 atom stereocenters. The Morgan fingerprint density at radius 3 is 2.26 bits per heavy atom. The molecular formula is C22H24BrCl2NO. The number of rotatable bonds is 4. The van der Waals surface area contributed by atoms with Crippen molar-refractivity contribution in [2.24, 2.45) is 11.8 Å². The lowest BCUT2D eigenvalue weighted by molar-refractivity contribution is 0.0815. The molecule has 2 aromatic rings. The summed E-state index contributed by atoms with van der Waals surface area (Å²) in [5.74, 6) is 1.26. The Bertz CT molecular complexity index is 757. The Hall–Kier alpha value is -0.870. The van der Waals surface area contributed by atoms with Crippen LogP contribution in [0.5, 0.6) is 0 Å². The van der Waals surface area contributed by atoms with Gasteiger partial charge in [-0.15, -0.1) is 0 Å². The molecule has 0 amide bonds. The van der Waals surface area contributed by atoms with Crippen molar-refractivity contribution in [3.8, 4) is 0 Å². The number of ketones is 1. The van der Waals surface area contributed by atoms with Crippen LogP contribution in [-0.4, -0.2) is 30.3 Å². The molecular weight excluding hydrogens is 445 g/mol. The lowest BCUT2D eigenvalue weighted by Crippen LogP contribution is -2.39. The van der Waals surface area contributed by atoms with Gasteiger partial charge in [-0.1, -0.05) is 47.5 Å². The minimum atomic E-state index is 0.132. The summed E-state index contributed by atoms with van der Waals surface area (Å²) in [6.45, 7) is 3.26. The van der Waals surface area contributed by atoms with Crippen molar-refractivity contribution in [2.75, 3.05) is 19.6 Å². The van der Waals surface area contributed by atoms with Gasteiger partial charge in [0, 0.05) is 29.0 Å². The Balaban J connectivity index is 0.000000221. The number of halogens is 3. The molecule has 4 rings (SSSR count). The van der Waals surface area contributed by atoms with E-state index in [1.54, 1.807) is 6.07 Å². The molecule has 5 heteroatoms. The van der Waals surface area contributed by atoms with Gasteiger partial charge in [0.1, 0.15) is 0 Å². The maximum Gasteiger partial charge on any atom is 0.168 e. The third-order valence-corrected chi connectivity index (χ3v) is 6.63. The van der Waals surface area contributed by atoms with E-state index < -0.39 is 0 Å². The zero-order chi connectivity index (χ0) is 19.2.